The molecule has 1 rings (SSSR count). The topological polar surface area (TPSA) is 33.1 Å². The molecule has 72 valence electrons. The molecule has 0 spiro atoms. The van der Waals surface area contributed by atoms with Gasteiger partial charge in [-0.1, -0.05) is 6.92 Å². The Morgan fingerprint density at radius 2 is 2.38 bits per heavy atom. The Balaban J connectivity index is 2.45. The third-order valence-corrected chi connectivity index (χ3v) is 2.97. The molecule has 0 radical (unpaired) electrons. The molecule has 1 unspecified atom stereocenters. The van der Waals surface area contributed by atoms with Crippen LogP contribution in [0.1, 0.15) is 12.5 Å². The van der Waals surface area contributed by atoms with Gasteiger partial charge in [0.15, 0.2) is 0 Å². The van der Waals surface area contributed by atoms with Crippen molar-refractivity contribution in [1.29, 1.82) is 0 Å². The smallest absolute Gasteiger partial charge is 0.0962 e. The van der Waals surface area contributed by atoms with Gasteiger partial charge in [-0.25, -0.2) is 4.98 Å². The van der Waals surface area contributed by atoms with E-state index in [1.54, 1.807) is 11.8 Å². The minimum Gasteiger partial charge on any atom is -0.396 e. The zero-order valence-corrected chi connectivity index (χ0v) is 8.84. The first-order chi connectivity index (χ1) is 6.22. The first kappa shape index (κ1) is 10.5. The van der Waals surface area contributed by atoms with Gasteiger partial charge in [0.2, 0.25) is 0 Å². The van der Waals surface area contributed by atoms with Gasteiger partial charge in [0.25, 0.3) is 0 Å². The fourth-order valence-electron chi connectivity index (χ4n) is 0.868. The molecule has 1 aromatic heterocycles. The summed E-state index contributed by atoms with van der Waals surface area (Å²) in [4.78, 5) is 4.23. The van der Waals surface area contributed by atoms with Crippen molar-refractivity contribution in [3.8, 4) is 0 Å². The zero-order valence-electron chi connectivity index (χ0n) is 8.03. The number of aliphatic hydroxyl groups is 1. The lowest BCUT2D eigenvalue weighted by Gasteiger charge is -2.06. The maximum absolute atomic E-state index is 8.83. The van der Waals surface area contributed by atoms with Crippen LogP contribution < -0.4 is 0 Å². The van der Waals surface area contributed by atoms with E-state index in [0.29, 0.717) is 5.92 Å². The van der Waals surface area contributed by atoms with Gasteiger partial charge in [-0.3, -0.25) is 0 Å². The highest BCUT2D eigenvalue weighted by molar-refractivity contribution is 7.99. The first-order valence-corrected chi connectivity index (χ1v) is 5.37. The molecule has 0 amide bonds. The zero-order chi connectivity index (χ0) is 9.68. The molecule has 0 bridgehead atoms. The number of thioether (sulfide) groups is 1. The lowest BCUT2D eigenvalue weighted by atomic mass is 10.2. The van der Waals surface area contributed by atoms with Crippen molar-refractivity contribution in [3.05, 3.63) is 23.9 Å². The maximum atomic E-state index is 8.83. The van der Waals surface area contributed by atoms with Crippen molar-refractivity contribution in [3.63, 3.8) is 0 Å². The number of aryl methyl sites for hydroxylation is 1. The van der Waals surface area contributed by atoms with Gasteiger partial charge in [-0.2, -0.15) is 0 Å². The normalized spacial score (nSPS) is 12.8. The van der Waals surface area contributed by atoms with Crippen LogP contribution in [0.15, 0.2) is 23.4 Å². The fraction of sp³-hybridized carbons (Fsp3) is 0.500. The number of hydrogen-bond acceptors (Lipinski definition) is 3. The van der Waals surface area contributed by atoms with Crippen LogP contribution in [-0.2, 0) is 0 Å². The SMILES string of the molecule is Cc1ccnc(SCC(C)CO)c1. The summed E-state index contributed by atoms with van der Waals surface area (Å²) in [5.74, 6) is 1.26. The minimum absolute atomic E-state index is 0.249. The largest absolute Gasteiger partial charge is 0.396 e. The number of nitrogens with zero attached hydrogens (tertiary/aromatic N) is 1. The number of rotatable bonds is 4. The van der Waals surface area contributed by atoms with E-state index in [1.807, 2.05) is 19.2 Å². The van der Waals surface area contributed by atoms with E-state index in [4.69, 9.17) is 5.11 Å². The highest BCUT2D eigenvalue weighted by atomic mass is 32.2. The molecule has 0 fully saturated rings. The van der Waals surface area contributed by atoms with Crippen LogP contribution in [0.25, 0.3) is 0 Å². The van der Waals surface area contributed by atoms with E-state index in [-0.39, 0.29) is 6.61 Å². The summed E-state index contributed by atoms with van der Waals surface area (Å²) >= 11 is 1.70. The highest BCUT2D eigenvalue weighted by Gasteiger charge is 2.01. The van der Waals surface area contributed by atoms with Gasteiger partial charge < -0.3 is 5.11 Å². The molecule has 1 heterocycles. The molecule has 1 atom stereocenters. The van der Waals surface area contributed by atoms with Crippen molar-refractivity contribution in [2.45, 2.75) is 18.9 Å². The van der Waals surface area contributed by atoms with Crippen LogP contribution >= 0.6 is 11.8 Å². The summed E-state index contributed by atoms with van der Waals surface area (Å²) in [7, 11) is 0. The molecular formula is C10H15NOS. The number of aromatic nitrogens is 1. The quantitative estimate of drug-likeness (QED) is 0.750. The Bertz CT molecular complexity index is 265. The van der Waals surface area contributed by atoms with Crippen LogP contribution in [0, 0.1) is 12.8 Å². The van der Waals surface area contributed by atoms with Crippen LogP contribution in [-0.4, -0.2) is 22.5 Å². The van der Waals surface area contributed by atoms with E-state index in [9.17, 15) is 0 Å². The molecular weight excluding hydrogens is 182 g/mol. The third kappa shape index (κ3) is 3.79. The molecule has 0 aromatic carbocycles. The molecule has 1 N–H and O–H groups in total. The average molecular weight is 197 g/mol. The summed E-state index contributed by atoms with van der Waals surface area (Å²) < 4.78 is 0. The number of pyridine rings is 1. The number of hydrogen-bond donors (Lipinski definition) is 1. The van der Waals surface area contributed by atoms with E-state index in [1.165, 1.54) is 5.56 Å². The maximum Gasteiger partial charge on any atom is 0.0962 e. The standard InChI is InChI=1S/C10H15NOS/c1-8-3-4-11-10(5-8)13-7-9(2)6-12/h3-5,9,12H,6-7H2,1-2H3. The summed E-state index contributed by atoms with van der Waals surface area (Å²) in [5, 5.41) is 9.88. The van der Waals surface area contributed by atoms with E-state index in [0.717, 1.165) is 10.8 Å². The Labute approximate surface area is 83.4 Å². The second-order valence-corrected chi connectivity index (χ2v) is 4.31. The molecule has 0 aliphatic carbocycles. The Kier molecular flexibility index (Phi) is 4.25. The van der Waals surface area contributed by atoms with Gasteiger partial charge >= 0.3 is 0 Å². The van der Waals surface area contributed by atoms with E-state index >= 15 is 0 Å². The predicted molar refractivity (Wildman–Crippen MR) is 55.9 cm³/mol. The van der Waals surface area contributed by atoms with E-state index < -0.39 is 0 Å². The van der Waals surface area contributed by atoms with Crippen LogP contribution in [0.4, 0.5) is 0 Å². The molecule has 3 heteroatoms. The van der Waals surface area contributed by atoms with Crippen molar-refractivity contribution >= 4 is 11.8 Å². The van der Waals surface area contributed by atoms with Gasteiger partial charge in [-0.15, -0.1) is 11.8 Å². The Morgan fingerprint density at radius 3 is 3.00 bits per heavy atom. The van der Waals surface area contributed by atoms with Crippen molar-refractivity contribution < 1.29 is 5.11 Å². The monoisotopic (exact) mass is 197 g/mol. The Hall–Kier alpha value is -0.540. The summed E-state index contributed by atoms with van der Waals surface area (Å²) in [6.07, 6.45) is 1.82. The summed E-state index contributed by atoms with van der Waals surface area (Å²) in [5.41, 5.74) is 1.23. The molecule has 0 aliphatic heterocycles. The lowest BCUT2D eigenvalue weighted by molar-refractivity contribution is 0.250. The van der Waals surface area contributed by atoms with Gasteiger partial charge in [0.05, 0.1) is 5.03 Å². The van der Waals surface area contributed by atoms with Crippen molar-refractivity contribution in [1.82, 2.24) is 4.98 Å². The van der Waals surface area contributed by atoms with Gasteiger partial charge in [-0.05, 0) is 30.5 Å². The second kappa shape index (κ2) is 5.25. The first-order valence-electron chi connectivity index (χ1n) is 4.38. The van der Waals surface area contributed by atoms with Gasteiger partial charge in [0.1, 0.15) is 0 Å². The van der Waals surface area contributed by atoms with Crippen molar-refractivity contribution in [2.75, 3.05) is 12.4 Å². The molecule has 13 heavy (non-hydrogen) atoms. The predicted octanol–water partition coefficient (Wildman–Crippen LogP) is 2.11. The molecule has 2 nitrogen and oxygen atoms in total. The van der Waals surface area contributed by atoms with Crippen LogP contribution in [0.3, 0.4) is 0 Å². The van der Waals surface area contributed by atoms with Crippen LogP contribution in [0.2, 0.25) is 0 Å². The minimum atomic E-state index is 0.249. The lowest BCUT2D eigenvalue weighted by Crippen LogP contribution is -2.03. The summed E-state index contributed by atoms with van der Waals surface area (Å²) in [6.45, 7) is 4.34. The average Bonchev–Trinajstić information content (AvgIpc) is 2.14. The number of aliphatic hydroxyl groups excluding tert-OH is 1. The molecule has 0 saturated carbocycles. The Morgan fingerprint density at radius 1 is 1.62 bits per heavy atom. The molecule has 0 saturated heterocycles. The highest BCUT2D eigenvalue weighted by Crippen LogP contribution is 2.18. The van der Waals surface area contributed by atoms with E-state index in [2.05, 4.69) is 18.0 Å². The van der Waals surface area contributed by atoms with Crippen molar-refractivity contribution in [2.24, 2.45) is 5.92 Å². The van der Waals surface area contributed by atoms with Gasteiger partial charge in [0, 0.05) is 18.6 Å². The second-order valence-electron chi connectivity index (χ2n) is 3.27. The fourth-order valence-corrected chi connectivity index (χ4v) is 1.83. The summed E-state index contributed by atoms with van der Waals surface area (Å²) in [6, 6.07) is 4.05. The molecule has 1 aromatic rings. The molecule has 0 aliphatic rings. The third-order valence-electron chi connectivity index (χ3n) is 1.72. The van der Waals surface area contributed by atoms with Crippen LogP contribution in [0.5, 0.6) is 0 Å².